The van der Waals surface area contributed by atoms with Crippen molar-refractivity contribution in [1.82, 2.24) is 5.32 Å². The lowest BCUT2D eigenvalue weighted by atomic mass is 10.4. The van der Waals surface area contributed by atoms with Gasteiger partial charge in [0.1, 0.15) is 0 Å². The summed E-state index contributed by atoms with van der Waals surface area (Å²) < 4.78 is 5.37. The predicted molar refractivity (Wildman–Crippen MR) is 70.5 cm³/mol. The maximum absolute atomic E-state index is 5.37. The van der Waals surface area contributed by atoms with Crippen LogP contribution in [0.25, 0.3) is 0 Å². The van der Waals surface area contributed by atoms with Crippen LogP contribution in [0.4, 0.5) is 0 Å². The van der Waals surface area contributed by atoms with Gasteiger partial charge in [-0.15, -0.1) is 0 Å². The number of hydrogen-bond acceptors (Lipinski definition) is 3. The molecule has 0 aliphatic carbocycles. The Kier molecular flexibility index (Phi) is 32.9. The number of likely N-dealkylation sites (N-methyl/N-ethyl adjacent to an activating group) is 1. The van der Waals surface area contributed by atoms with Gasteiger partial charge in [0.05, 0.1) is 6.10 Å². The zero-order chi connectivity index (χ0) is 11.8. The standard InChI is InChI=1S/C7H17NO.C2H6S.C2H6/c1-4-5-9-7(2)6-8-3;1-2-3;1-2/h7-8H,4-6H2,1-3H3;3H,2H2,1H3;1-2H3. The van der Waals surface area contributed by atoms with E-state index >= 15 is 0 Å². The van der Waals surface area contributed by atoms with Gasteiger partial charge < -0.3 is 10.1 Å². The van der Waals surface area contributed by atoms with Crippen molar-refractivity contribution in [2.45, 2.75) is 47.1 Å². The van der Waals surface area contributed by atoms with Gasteiger partial charge in [-0.2, -0.15) is 12.6 Å². The van der Waals surface area contributed by atoms with Gasteiger partial charge in [-0.05, 0) is 26.1 Å². The molecule has 0 spiro atoms. The highest BCUT2D eigenvalue weighted by molar-refractivity contribution is 7.80. The van der Waals surface area contributed by atoms with Crippen molar-refractivity contribution in [2.24, 2.45) is 0 Å². The molecule has 0 aliphatic rings. The molecule has 1 N–H and O–H groups in total. The highest BCUT2D eigenvalue weighted by atomic mass is 32.1. The van der Waals surface area contributed by atoms with E-state index in [4.69, 9.17) is 4.74 Å². The predicted octanol–water partition coefficient (Wildman–Crippen LogP) is 2.98. The molecule has 0 rings (SSSR count). The van der Waals surface area contributed by atoms with Crippen molar-refractivity contribution in [3.05, 3.63) is 0 Å². The molecule has 14 heavy (non-hydrogen) atoms. The molecule has 0 saturated carbocycles. The number of nitrogens with one attached hydrogen (secondary N) is 1. The van der Waals surface area contributed by atoms with Gasteiger partial charge >= 0.3 is 0 Å². The van der Waals surface area contributed by atoms with E-state index in [1.54, 1.807) is 0 Å². The van der Waals surface area contributed by atoms with Gasteiger partial charge in [-0.25, -0.2) is 0 Å². The van der Waals surface area contributed by atoms with Gasteiger partial charge in [0, 0.05) is 13.2 Å². The van der Waals surface area contributed by atoms with Crippen LogP contribution < -0.4 is 5.32 Å². The molecule has 2 nitrogen and oxygen atoms in total. The summed E-state index contributed by atoms with van der Waals surface area (Å²) in [5, 5.41) is 3.05. The third-order valence-corrected chi connectivity index (χ3v) is 1.10. The minimum absolute atomic E-state index is 0.356. The second-order valence-corrected chi connectivity index (χ2v) is 3.19. The van der Waals surface area contributed by atoms with E-state index in [2.05, 4.69) is 31.8 Å². The van der Waals surface area contributed by atoms with E-state index in [9.17, 15) is 0 Å². The third kappa shape index (κ3) is 29.5. The third-order valence-electron chi connectivity index (χ3n) is 1.10. The zero-order valence-electron chi connectivity index (χ0n) is 10.8. The fraction of sp³-hybridized carbons (Fsp3) is 1.00. The van der Waals surface area contributed by atoms with Crippen LogP contribution in [0.5, 0.6) is 0 Å². The van der Waals surface area contributed by atoms with Crippen LogP contribution >= 0.6 is 12.6 Å². The van der Waals surface area contributed by atoms with E-state index in [0.29, 0.717) is 6.10 Å². The Morgan fingerprint density at radius 2 is 1.71 bits per heavy atom. The summed E-state index contributed by atoms with van der Waals surface area (Å²) in [6.07, 6.45) is 1.46. The fourth-order valence-electron chi connectivity index (χ4n) is 0.665. The van der Waals surface area contributed by atoms with E-state index < -0.39 is 0 Å². The second-order valence-electron chi connectivity index (χ2n) is 2.56. The van der Waals surface area contributed by atoms with Crippen molar-refractivity contribution < 1.29 is 4.74 Å². The largest absolute Gasteiger partial charge is 0.377 e. The Balaban J connectivity index is -0.000000205. The average Bonchev–Trinajstić information content (AvgIpc) is 2.20. The molecule has 0 aliphatic heterocycles. The first-order valence-corrected chi connectivity index (χ1v) is 6.23. The molecule has 1 unspecified atom stereocenters. The molecular weight excluding hydrogens is 194 g/mol. The van der Waals surface area contributed by atoms with Crippen molar-refractivity contribution in [1.29, 1.82) is 0 Å². The van der Waals surface area contributed by atoms with E-state index in [-0.39, 0.29) is 0 Å². The summed E-state index contributed by atoms with van der Waals surface area (Å²) in [5.74, 6) is 0.944. The molecule has 0 amide bonds. The molecule has 3 heteroatoms. The zero-order valence-corrected chi connectivity index (χ0v) is 11.7. The Morgan fingerprint density at radius 1 is 1.29 bits per heavy atom. The van der Waals surface area contributed by atoms with E-state index in [1.165, 1.54) is 0 Å². The molecule has 0 aromatic heterocycles. The lowest BCUT2D eigenvalue weighted by Crippen LogP contribution is -2.23. The average molecular weight is 223 g/mol. The van der Waals surface area contributed by atoms with Gasteiger partial charge in [-0.1, -0.05) is 27.7 Å². The van der Waals surface area contributed by atoms with Gasteiger partial charge in [-0.3, -0.25) is 0 Å². The second kappa shape index (κ2) is 23.2. The molecule has 0 aromatic carbocycles. The number of thiol groups is 1. The van der Waals surface area contributed by atoms with Crippen LogP contribution in [0.3, 0.4) is 0 Å². The van der Waals surface area contributed by atoms with Crippen LogP contribution in [0.1, 0.15) is 41.0 Å². The Morgan fingerprint density at radius 3 is 2.00 bits per heavy atom. The van der Waals surface area contributed by atoms with Gasteiger partial charge in [0.15, 0.2) is 0 Å². The summed E-state index contributed by atoms with van der Waals surface area (Å²) in [7, 11) is 1.94. The highest BCUT2D eigenvalue weighted by Crippen LogP contribution is 1.88. The Labute approximate surface area is 96.2 Å². The molecule has 0 heterocycles. The lowest BCUT2D eigenvalue weighted by Gasteiger charge is -2.10. The van der Waals surface area contributed by atoms with Crippen molar-refractivity contribution in [2.75, 3.05) is 26.0 Å². The van der Waals surface area contributed by atoms with Crippen LogP contribution in [0.2, 0.25) is 0 Å². The van der Waals surface area contributed by atoms with Gasteiger partial charge in [0.2, 0.25) is 0 Å². The molecule has 0 aromatic rings. The lowest BCUT2D eigenvalue weighted by molar-refractivity contribution is 0.0678. The fourth-order valence-corrected chi connectivity index (χ4v) is 0.665. The van der Waals surface area contributed by atoms with Crippen LogP contribution in [-0.4, -0.2) is 32.1 Å². The summed E-state index contributed by atoms with van der Waals surface area (Å²) in [5.41, 5.74) is 0. The molecule has 0 radical (unpaired) electrons. The summed E-state index contributed by atoms with van der Waals surface area (Å²) in [6.45, 7) is 12.0. The molecule has 1 atom stereocenters. The maximum Gasteiger partial charge on any atom is 0.0671 e. The Hall–Kier alpha value is 0.270. The first-order valence-electron chi connectivity index (χ1n) is 5.59. The summed E-state index contributed by atoms with van der Waals surface area (Å²) in [4.78, 5) is 0. The van der Waals surface area contributed by atoms with Crippen molar-refractivity contribution >= 4 is 12.6 Å². The molecular formula is C11H29NOS. The number of hydrogen-bond donors (Lipinski definition) is 2. The highest BCUT2D eigenvalue weighted by Gasteiger charge is 1.96. The number of ether oxygens (including phenoxy) is 1. The first kappa shape index (κ1) is 19.8. The molecule has 0 bridgehead atoms. The van der Waals surface area contributed by atoms with Crippen LogP contribution in [-0.2, 0) is 4.74 Å². The molecule has 0 saturated heterocycles. The summed E-state index contributed by atoms with van der Waals surface area (Å²) >= 11 is 3.79. The van der Waals surface area contributed by atoms with E-state index in [1.807, 2.05) is 27.8 Å². The Bertz CT molecular complexity index is 72.3. The SMILES string of the molecule is CC.CCCOC(C)CNC.CCS. The monoisotopic (exact) mass is 223 g/mol. The maximum atomic E-state index is 5.37. The smallest absolute Gasteiger partial charge is 0.0671 e. The quantitative estimate of drug-likeness (QED) is 0.699. The van der Waals surface area contributed by atoms with Gasteiger partial charge in [0.25, 0.3) is 0 Å². The van der Waals surface area contributed by atoms with Crippen LogP contribution in [0, 0.1) is 0 Å². The molecule has 0 fully saturated rings. The van der Waals surface area contributed by atoms with Crippen molar-refractivity contribution in [3.8, 4) is 0 Å². The normalized spacial score (nSPS) is 10.5. The molecule has 90 valence electrons. The minimum Gasteiger partial charge on any atom is -0.377 e. The topological polar surface area (TPSA) is 21.3 Å². The van der Waals surface area contributed by atoms with Crippen molar-refractivity contribution in [3.63, 3.8) is 0 Å². The first-order chi connectivity index (χ1) is 6.72. The minimum atomic E-state index is 0.356. The van der Waals surface area contributed by atoms with Crippen LogP contribution in [0.15, 0.2) is 0 Å². The van der Waals surface area contributed by atoms with E-state index in [0.717, 1.165) is 25.3 Å². The number of rotatable bonds is 5. The summed E-state index contributed by atoms with van der Waals surface area (Å²) in [6, 6.07) is 0.